The van der Waals surface area contributed by atoms with Crippen molar-refractivity contribution in [2.75, 3.05) is 52.2 Å². The standard InChI is InChI=1S/C44H51ClF2N8O4/c1-54(28-10-6-5-7-11-28)23-26-18-35-41(49-22-26)43(53-44(52-35)42(46)47)51-34-15-9-13-30(40(34)45)29-12-8-14-33(31(29)21-48)50-27-19-38(57-3)32(39(20-27)58-4)24-55(2)36-16-17-59-25-37(36)56/h8-9,12-15,18-22,28,36-37,42,48,50,56H,5-7,10-11,16-17,23-25H2,1-4H3,(H,51,52,53). The molecule has 2 atom stereocenters. The predicted octanol–water partition coefficient (Wildman–Crippen LogP) is 9.13. The van der Waals surface area contributed by atoms with Gasteiger partial charge in [-0.15, -0.1) is 0 Å². The van der Waals surface area contributed by atoms with Gasteiger partial charge in [-0.05, 0) is 62.7 Å². The van der Waals surface area contributed by atoms with Crippen LogP contribution in [0.2, 0.25) is 5.02 Å². The molecule has 1 aliphatic carbocycles. The summed E-state index contributed by atoms with van der Waals surface area (Å²) in [5, 5.41) is 26.0. The van der Waals surface area contributed by atoms with Gasteiger partial charge in [-0.2, -0.15) is 0 Å². The van der Waals surface area contributed by atoms with E-state index in [1.807, 2.05) is 49.5 Å². The zero-order chi connectivity index (χ0) is 41.6. The highest BCUT2D eigenvalue weighted by Gasteiger charge is 2.29. The fourth-order valence-corrected chi connectivity index (χ4v) is 8.55. The Hall–Kier alpha value is -4.99. The van der Waals surface area contributed by atoms with E-state index >= 15 is 0 Å². The highest BCUT2D eigenvalue weighted by Crippen LogP contribution is 2.41. The summed E-state index contributed by atoms with van der Waals surface area (Å²) in [6.45, 7) is 1.99. The molecule has 15 heteroatoms. The van der Waals surface area contributed by atoms with Crippen LogP contribution in [0, 0.1) is 5.41 Å². The Balaban J connectivity index is 1.16. The number of aliphatic hydroxyl groups is 1. The maximum Gasteiger partial charge on any atom is 0.297 e. The van der Waals surface area contributed by atoms with E-state index in [1.54, 1.807) is 32.5 Å². The molecule has 2 aromatic heterocycles. The molecule has 0 radical (unpaired) electrons. The van der Waals surface area contributed by atoms with Gasteiger partial charge in [0.05, 0.1) is 48.7 Å². The molecule has 0 amide bonds. The first kappa shape index (κ1) is 42.1. The molecule has 2 unspecified atom stereocenters. The summed E-state index contributed by atoms with van der Waals surface area (Å²) in [5.41, 5.74) is 5.92. The van der Waals surface area contributed by atoms with Crippen LogP contribution in [0.15, 0.2) is 60.8 Å². The van der Waals surface area contributed by atoms with E-state index in [-0.39, 0.29) is 11.9 Å². The third-order valence-electron chi connectivity index (χ3n) is 11.4. The molecule has 1 saturated heterocycles. The van der Waals surface area contributed by atoms with E-state index in [0.29, 0.717) is 100 Å². The maximum atomic E-state index is 14.2. The molecule has 59 heavy (non-hydrogen) atoms. The van der Waals surface area contributed by atoms with Crippen molar-refractivity contribution in [3.05, 3.63) is 88.3 Å². The number of rotatable bonds is 15. The van der Waals surface area contributed by atoms with Crippen LogP contribution in [-0.4, -0.2) is 95.8 Å². The van der Waals surface area contributed by atoms with Gasteiger partial charge in [0, 0.05) is 78.8 Å². The first-order valence-electron chi connectivity index (χ1n) is 19.9. The lowest BCUT2D eigenvalue weighted by Gasteiger charge is -2.35. The summed E-state index contributed by atoms with van der Waals surface area (Å²) < 4.78 is 45.5. The van der Waals surface area contributed by atoms with Crippen LogP contribution >= 0.6 is 11.6 Å². The lowest BCUT2D eigenvalue weighted by atomic mass is 9.94. The number of methoxy groups -OCH3 is 2. The minimum Gasteiger partial charge on any atom is -0.496 e. The minimum absolute atomic E-state index is 0.0716. The van der Waals surface area contributed by atoms with Crippen molar-refractivity contribution in [3.63, 3.8) is 0 Å². The first-order chi connectivity index (χ1) is 28.6. The number of anilines is 4. The van der Waals surface area contributed by atoms with Gasteiger partial charge in [-0.25, -0.2) is 18.7 Å². The Morgan fingerprint density at radius 3 is 2.32 bits per heavy atom. The molecule has 3 heterocycles. The Labute approximate surface area is 348 Å². The van der Waals surface area contributed by atoms with Crippen LogP contribution in [0.25, 0.3) is 22.2 Å². The summed E-state index contributed by atoms with van der Waals surface area (Å²) in [4.78, 5) is 17.4. The molecular weight excluding hydrogens is 778 g/mol. The lowest BCUT2D eigenvalue weighted by Crippen LogP contribution is -2.47. The third kappa shape index (κ3) is 9.42. The van der Waals surface area contributed by atoms with E-state index in [2.05, 4.69) is 42.4 Å². The number of nitrogens with one attached hydrogen (secondary N) is 3. The average Bonchev–Trinajstić information content (AvgIpc) is 3.24. The summed E-state index contributed by atoms with van der Waals surface area (Å²) in [5.74, 6) is 0.697. The molecule has 7 rings (SSSR count). The van der Waals surface area contributed by atoms with Crippen LogP contribution in [0.1, 0.15) is 67.5 Å². The van der Waals surface area contributed by atoms with Crippen LogP contribution in [0.3, 0.4) is 0 Å². The smallest absolute Gasteiger partial charge is 0.297 e. The average molecular weight is 829 g/mol. The van der Waals surface area contributed by atoms with Crippen LogP contribution in [0.5, 0.6) is 11.5 Å². The van der Waals surface area contributed by atoms with E-state index < -0.39 is 18.4 Å². The largest absolute Gasteiger partial charge is 0.496 e. The first-order valence-corrected chi connectivity index (χ1v) is 20.3. The second-order valence-electron chi connectivity index (χ2n) is 15.3. The third-order valence-corrected chi connectivity index (χ3v) is 11.8. The van der Waals surface area contributed by atoms with Crippen molar-refractivity contribution < 1.29 is 28.1 Å². The number of hydrogen-bond donors (Lipinski definition) is 4. The number of alkyl halides is 2. The van der Waals surface area contributed by atoms with Crippen molar-refractivity contribution in [2.24, 2.45) is 0 Å². The molecule has 1 aliphatic heterocycles. The SMILES string of the molecule is COc1cc(Nc2cccc(-c3cccc(Nc4nc(C(F)F)nc5cc(CN(C)C6CCCCC6)cnc45)c3Cl)c2C=N)cc(OC)c1CN(C)C1CCOCC1O. The van der Waals surface area contributed by atoms with Gasteiger partial charge < -0.3 is 35.4 Å². The molecule has 0 spiro atoms. The van der Waals surface area contributed by atoms with Crippen LogP contribution in [-0.2, 0) is 17.8 Å². The van der Waals surface area contributed by atoms with E-state index in [0.717, 1.165) is 24.0 Å². The summed E-state index contributed by atoms with van der Waals surface area (Å²) in [7, 11) is 7.25. The molecule has 0 bridgehead atoms. The normalized spacial score (nSPS) is 17.5. The highest BCUT2D eigenvalue weighted by atomic mass is 35.5. The zero-order valence-electron chi connectivity index (χ0n) is 33.8. The monoisotopic (exact) mass is 828 g/mol. The van der Waals surface area contributed by atoms with Crippen molar-refractivity contribution in [1.29, 1.82) is 5.41 Å². The molecule has 4 N–H and O–H groups in total. The number of ether oxygens (including phenoxy) is 3. The van der Waals surface area contributed by atoms with Gasteiger partial charge >= 0.3 is 0 Å². The Morgan fingerprint density at radius 1 is 0.932 bits per heavy atom. The zero-order valence-corrected chi connectivity index (χ0v) is 34.5. The minimum atomic E-state index is -2.90. The molecular formula is C44H51ClF2N8O4. The summed E-state index contributed by atoms with van der Waals surface area (Å²) in [6.07, 6.45) is 6.20. The second-order valence-corrected chi connectivity index (χ2v) is 15.6. The van der Waals surface area contributed by atoms with Gasteiger partial charge in [0.2, 0.25) is 0 Å². The maximum absolute atomic E-state index is 14.2. The molecule has 2 fully saturated rings. The van der Waals surface area contributed by atoms with Crippen LogP contribution < -0.4 is 20.1 Å². The molecule has 5 aromatic rings. The van der Waals surface area contributed by atoms with Gasteiger partial charge in [0.15, 0.2) is 11.6 Å². The topological polar surface area (TPSA) is 141 Å². The number of aromatic nitrogens is 3. The quantitative estimate of drug-likeness (QED) is 0.0752. The summed E-state index contributed by atoms with van der Waals surface area (Å²) in [6, 6.07) is 16.9. The van der Waals surface area contributed by atoms with Gasteiger partial charge in [0.25, 0.3) is 6.43 Å². The van der Waals surface area contributed by atoms with Crippen molar-refractivity contribution in [2.45, 2.75) is 76.2 Å². The number of benzene rings is 3. The number of halogens is 3. The fourth-order valence-electron chi connectivity index (χ4n) is 8.28. The molecule has 312 valence electrons. The number of likely N-dealkylation sites (N-methyl/N-ethyl adjacent to an activating group) is 1. The van der Waals surface area contributed by atoms with Gasteiger partial charge in [-0.3, -0.25) is 14.8 Å². The molecule has 2 aliphatic rings. The number of aliphatic hydroxyl groups excluding tert-OH is 1. The van der Waals surface area contributed by atoms with Gasteiger partial charge in [0.1, 0.15) is 17.0 Å². The number of pyridine rings is 1. The number of hydrogen-bond acceptors (Lipinski definition) is 12. The molecule has 12 nitrogen and oxygen atoms in total. The van der Waals surface area contributed by atoms with Crippen LogP contribution in [0.4, 0.5) is 31.7 Å². The highest BCUT2D eigenvalue weighted by molar-refractivity contribution is 6.36. The van der Waals surface area contributed by atoms with Crippen molar-refractivity contribution >= 4 is 51.7 Å². The lowest BCUT2D eigenvalue weighted by molar-refractivity contribution is -0.0606. The second kappa shape index (κ2) is 18.9. The van der Waals surface area contributed by atoms with Gasteiger partial charge in [-0.1, -0.05) is 55.1 Å². The summed E-state index contributed by atoms with van der Waals surface area (Å²) >= 11 is 7.11. The van der Waals surface area contributed by atoms with Crippen molar-refractivity contribution in [1.82, 2.24) is 24.8 Å². The predicted molar refractivity (Wildman–Crippen MR) is 228 cm³/mol. The Morgan fingerprint density at radius 2 is 1.64 bits per heavy atom. The number of fused-ring (bicyclic) bond motifs is 1. The molecule has 3 aromatic carbocycles. The van der Waals surface area contributed by atoms with Crippen molar-refractivity contribution in [3.8, 4) is 22.6 Å². The number of nitrogens with zero attached hydrogens (tertiary/aromatic N) is 5. The fraction of sp³-hybridized carbons (Fsp3) is 0.409. The van der Waals surface area contributed by atoms with E-state index in [4.69, 9.17) is 31.2 Å². The van der Waals surface area contributed by atoms with E-state index in [1.165, 1.54) is 25.5 Å². The van der Waals surface area contributed by atoms with E-state index in [9.17, 15) is 13.9 Å². The molecule has 1 saturated carbocycles. The Bertz CT molecular complexity index is 2250. The Kier molecular flexibility index (Phi) is 13.5.